The second-order valence-electron chi connectivity index (χ2n) is 5.24. The molecule has 0 fully saturated rings. The van der Waals surface area contributed by atoms with E-state index in [2.05, 4.69) is 15.5 Å². The molecule has 1 aromatic carbocycles. The lowest BCUT2D eigenvalue weighted by Gasteiger charge is -2.26. The first-order valence-corrected chi connectivity index (χ1v) is 6.24. The van der Waals surface area contributed by atoms with Gasteiger partial charge in [-0.05, 0) is 11.6 Å². The Bertz CT molecular complexity index is 621. The minimum absolute atomic E-state index is 0.214. The van der Waals surface area contributed by atoms with E-state index in [-0.39, 0.29) is 29.7 Å². The Morgan fingerprint density at radius 1 is 1.45 bits per heavy atom. The highest BCUT2D eigenvalue weighted by Gasteiger charge is 2.25. The van der Waals surface area contributed by atoms with Gasteiger partial charge in [0.25, 0.3) is 5.91 Å². The molecular weight excluding hydrogens is 259 g/mol. The molecule has 2 aromatic rings. The van der Waals surface area contributed by atoms with Gasteiger partial charge < -0.3 is 11.1 Å². The number of carbonyl (C=O) groups excluding carboxylic acids is 1. The number of aromatic nitrogens is 2. The first kappa shape index (κ1) is 14.0. The van der Waals surface area contributed by atoms with Crippen molar-refractivity contribution >= 4 is 11.7 Å². The van der Waals surface area contributed by atoms with Crippen molar-refractivity contribution in [2.75, 3.05) is 12.3 Å². The van der Waals surface area contributed by atoms with E-state index in [4.69, 9.17) is 5.73 Å². The molecule has 2 rings (SSSR count). The van der Waals surface area contributed by atoms with Crippen molar-refractivity contribution in [2.45, 2.75) is 19.3 Å². The molecule has 1 amide bonds. The quantitative estimate of drug-likeness (QED) is 0.796. The monoisotopic (exact) mass is 276 g/mol. The van der Waals surface area contributed by atoms with Crippen LogP contribution in [0.3, 0.4) is 0 Å². The van der Waals surface area contributed by atoms with Crippen molar-refractivity contribution < 1.29 is 9.18 Å². The fourth-order valence-corrected chi connectivity index (χ4v) is 1.98. The molecule has 106 valence electrons. The first-order chi connectivity index (χ1) is 9.42. The Kier molecular flexibility index (Phi) is 3.74. The summed E-state index contributed by atoms with van der Waals surface area (Å²) < 4.78 is 13.8. The highest BCUT2D eigenvalue weighted by atomic mass is 19.1. The van der Waals surface area contributed by atoms with Crippen LogP contribution in [-0.4, -0.2) is 22.6 Å². The van der Waals surface area contributed by atoms with Gasteiger partial charge in [-0.1, -0.05) is 32.0 Å². The number of aromatic amines is 1. The molecular formula is C14H17FN4O. The second-order valence-corrected chi connectivity index (χ2v) is 5.24. The second kappa shape index (κ2) is 5.32. The molecule has 0 unspecified atom stereocenters. The number of hydrogen-bond donors (Lipinski definition) is 3. The summed E-state index contributed by atoms with van der Waals surface area (Å²) in [6.07, 6.45) is 1.36. The molecule has 20 heavy (non-hydrogen) atoms. The number of nitrogen functional groups attached to an aromatic ring is 1. The molecule has 0 saturated carbocycles. The van der Waals surface area contributed by atoms with Crippen LogP contribution in [0.2, 0.25) is 0 Å². The largest absolute Gasteiger partial charge is 0.383 e. The fourth-order valence-electron chi connectivity index (χ4n) is 1.98. The molecule has 0 bridgehead atoms. The Balaban J connectivity index is 2.08. The smallest absolute Gasteiger partial charge is 0.256 e. The highest BCUT2D eigenvalue weighted by molar-refractivity contribution is 5.98. The van der Waals surface area contributed by atoms with Crippen LogP contribution in [0.4, 0.5) is 10.2 Å². The minimum Gasteiger partial charge on any atom is -0.383 e. The van der Waals surface area contributed by atoms with Crippen LogP contribution in [-0.2, 0) is 5.41 Å². The Morgan fingerprint density at radius 3 is 2.75 bits per heavy atom. The minimum atomic E-state index is -0.528. The summed E-state index contributed by atoms with van der Waals surface area (Å²) in [6, 6.07) is 6.54. The average Bonchev–Trinajstić information content (AvgIpc) is 2.83. The van der Waals surface area contributed by atoms with E-state index in [0.717, 1.165) is 0 Å². The number of nitrogens with one attached hydrogen (secondary N) is 2. The lowest BCUT2D eigenvalue weighted by Crippen LogP contribution is -2.37. The summed E-state index contributed by atoms with van der Waals surface area (Å²) >= 11 is 0. The zero-order chi connectivity index (χ0) is 14.8. The van der Waals surface area contributed by atoms with Crippen molar-refractivity contribution in [3.8, 4) is 0 Å². The molecule has 1 aromatic heterocycles. The maximum atomic E-state index is 13.8. The van der Waals surface area contributed by atoms with Gasteiger partial charge in [-0.25, -0.2) is 4.39 Å². The average molecular weight is 276 g/mol. The van der Waals surface area contributed by atoms with Crippen LogP contribution in [0.5, 0.6) is 0 Å². The van der Waals surface area contributed by atoms with Gasteiger partial charge in [0.15, 0.2) is 0 Å². The van der Waals surface area contributed by atoms with Crippen LogP contribution in [0, 0.1) is 5.82 Å². The van der Waals surface area contributed by atoms with E-state index < -0.39 is 5.41 Å². The van der Waals surface area contributed by atoms with E-state index >= 15 is 0 Å². The van der Waals surface area contributed by atoms with Crippen LogP contribution in [0.15, 0.2) is 30.5 Å². The molecule has 6 heteroatoms. The van der Waals surface area contributed by atoms with Gasteiger partial charge >= 0.3 is 0 Å². The van der Waals surface area contributed by atoms with Crippen molar-refractivity contribution in [2.24, 2.45) is 0 Å². The van der Waals surface area contributed by atoms with Gasteiger partial charge in [0.2, 0.25) is 0 Å². The normalized spacial score (nSPS) is 11.3. The van der Waals surface area contributed by atoms with E-state index in [1.165, 1.54) is 12.3 Å². The van der Waals surface area contributed by atoms with Gasteiger partial charge in [0.05, 0.1) is 6.20 Å². The zero-order valence-corrected chi connectivity index (χ0v) is 11.4. The SMILES string of the molecule is CC(C)(CNC(=O)c1cn[nH]c1N)c1ccccc1F. The van der Waals surface area contributed by atoms with Gasteiger partial charge in [-0.15, -0.1) is 0 Å². The van der Waals surface area contributed by atoms with E-state index in [1.54, 1.807) is 18.2 Å². The van der Waals surface area contributed by atoms with Crippen molar-refractivity contribution in [3.05, 3.63) is 47.4 Å². The van der Waals surface area contributed by atoms with Crippen LogP contribution >= 0.6 is 0 Å². The number of hydrogen-bond acceptors (Lipinski definition) is 3. The summed E-state index contributed by atoms with van der Waals surface area (Å²) in [5.74, 6) is -0.401. The summed E-state index contributed by atoms with van der Waals surface area (Å²) in [5.41, 5.74) is 5.89. The maximum absolute atomic E-state index is 13.8. The predicted octanol–water partition coefficient (Wildman–Crippen LogP) is 1.84. The molecule has 0 saturated heterocycles. The molecule has 0 atom stereocenters. The molecule has 4 N–H and O–H groups in total. The Hall–Kier alpha value is -2.37. The van der Waals surface area contributed by atoms with Crippen LogP contribution in [0.1, 0.15) is 29.8 Å². The lowest BCUT2D eigenvalue weighted by molar-refractivity contribution is 0.0946. The van der Waals surface area contributed by atoms with E-state index in [0.29, 0.717) is 5.56 Å². The maximum Gasteiger partial charge on any atom is 0.256 e. The molecule has 0 radical (unpaired) electrons. The number of rotatable bonds is 4. The van der Waals surface area contributed by atoms with E-state index in [9.17, 15) is 9.18 Å². The van der Waals surface area contributed by atoms with Crippen molar-refractivity contribution in [1.29, 1.82) is 0 Å². The number of halogens is 1. The third-order valence-electron chi connectivity index (χ3n) is 3.21. The molecule has 1 heterocycles. The number of carbonyl (C=O) groups is 1. The lowest BCUT2D eigenvalue weighted by atomic mass is 9.84. The fraction of sp³-hybridized carbons (Fsp3) is 0.286. The summed E-state index contributed by atoms with van der Waals surface area (Å²) in [7, 11) is 0. The first-order valence-electron chi connectivity index (χ1n) is 6.24. The number of nitrogens with two attached hydrogens (primary N) is 1. The van der Waals surface area contributed by atoms with Crippen molar-refractivity contribution in [3.63, 3.8) is 0 Å². The molecule has 0 aliphatic rings. The number of H-pyrrole nitrogens is 1. The number of amides is 1. The third kappa shape index (κ3) is 2.79. The summed E-state index contributed by atoms with van der Waals surface area (Å²) in [6.45, 7) is 4.02. The molecule has 0 aliphatic carbocycles. The van der Waals surface area contributed by atoms with Crippen LogP contribution < -0.4 is 11.1 Å². The zero-order valence-electron chi connectivity index (χ0n) is 11.4. The van der Waals surface area contributed by atoms with E-state index in [1.807, 2.05) is 13.8 Å². The summed E-state index contributed by atoms with van der Waals surface area (Å²) in [4.78, 5) is 11.9. The standard InChI is InChI=1S/C14H17FN4O/c1-14(2,10-5-3-4-6-11(10)15)8-17-13(20)9-7-18-19-12(9)16/h3-7H,8H2,1-2H3,(H,17,20)(H3,16,18,19). The third-order valence-corrected chi connectivity index (χ3v) is 3.21. The molecule has 5 nitrogen and oxygen atoms in total. The predicted molar refractivity (Wildman–Crippen MR) is 74.8 cm³/mol. The van der Waals surface area contributed by atoms with Gasteiger partial charge in [0.1, 0.15) is 17.2 Å². The molecule has 0 aliphatic heterocycles. The summed E-state index contributed by atoms with van der Waals surface area (Å²) in [5, 5.41) is 8.93. The molecule has 0 spiro atoms. The van der Waals surface area contributed by atoms with Gasteiger partial charge in [0, 0.05) is 12.0 Å². The van der Waals surface area contributed by atoms with Gasteiger partial charge in [-0.3, -0.25) is 9.89 Å². The topological polar surface area (TPSA) is 83.8 Å². The highest BCUT2D eigenvalue weighted by Crippen LogP contribution is 2.25. The number of benzene rings is 1. The van der Waals surface area contributed by atoms with Crippen LogP contribution in [0.25, 0.3) is 0 Å². The Labute approximate surface area is 116 Å². The number of nitrogens with zero attached hydrogens (tertiary/aromatic N) is 1. The number of anilines is 1. The van der Waals surface area contributed by atoms with Gasteiger partial charge in [-0.2, -0.15) is 5.10 Å². The van der Waals surface area contributed by atoms with Crippen molar-refractivity contribution in [1.82, 2.24) is 15.5 Å². The Morgan fingerprint density at radius 2 is 2.15 bits per heavy atom.